The molecule has 0 bridgehead atoms. The van der Waals surface area contributed by atoms with Crippen molar-refractivity contribution < 1.29 is 22.3 Å². The Morgan fingerprint density at radius 3 is 2.58 bits per heavy atom. The fraction of sp³-hybridized carbons (Fsp3) is 0.111. The molecule has 4 nitrogen and oxygen atoms in total. The first-order valence-corrected chi connectivity index (χ1v) is 5.91. The average Bonchev–Trinajstić information content (AvgIpc) is 2.30. The van der Waals surface area contributed by atoms with Crippen LogP contribution in [0.5, 0.6) is 0 Å². The van der Waals surface area contributed by atoms with Crippen molar-refractivity contribution in [3.05, 3.63) is 27.2 Å². The summed E-state index contributed by atoms with van der Waals surface area (Å²) in [5, 5.41) is 3.17. The highest BCUT2D eigenvalue weighted by Crippen LogP contribution is 2.38. The van der Waals surface area contributed by atoms with Crippen LogP contribution in [0.4, 0.5) is 18.9 Å². The molecule has 1 N–H and O–H groups in total. The summed E-state index contributed by atoms with van der Waals surface area (Å²) in [6.07, 6.45) is -3.83. The quantitative estimate of drug-likeness (QED) is 0.632. The van der Waals surface area contributed by atoms with Gasteiger partial charge in [-0.1, -0.05) is 11.6 Å². The van der Waals surface area contributed by atoms with Gasteiger partial charge in [0.05, 0.1) is 16.3 Å². The number of hydrogen-bond donors (Lipinski definition) is 1. The molecule has 0 aliphatic heterocycles. The summed E-state index contributed by atoms with van der Waals surface area (Å²) in [7, 11) is 0. The van der Waals surface area contributed by atoms with Crippen molar-refractivity contribution in [1.29, 1.82) is 0 Å². The molecule has 0 saturated carbocycles. The Labute approximate surface area is 123 Å². The lowest BCUT2D eigenvalue weighted by atomic mass is 10.2. The van der Waals surface area contributed by atoms with E-state index in [2.05, 4.69) is 30.7 Å². The zero-order valence-corrected chi connectivity index (χ0v) is 11.9. The lowest BCUT2D eigenvalue weighted by molar-refractivity contribution is -0.137. The van der Waals surface area contributed by atoms with Gasteiger partial charge in [-0.3, -0.25) is 5.43 Å². The highest BCUT2D eigenvalue weighted by molar-refractivity contribution is 9.10. The van der Waals surface area contributed by atoms with Crippen molar-refractivity contribution in [2.75, 3.05) is 5.43 Å². The summed E-state index contributed by atoms with van der Waals surface area (Å²) in [5.74, 6) is -0.951. The van der Waals surface area contributed by atoms with Gasteiger partial charge in [-0.25, -0.2) is 4.79 Å². The molecular formula is C9H4BrCl2F3N2O2. The second-order valence-corrected chi connectivity index (χ2v) is 4.49. The Hall–Kier alpha value is -0.990. The van der Waals surface area contributed by atoms with Crippen LogP contribution in [0.1, 0.15) is 5.56 Å². The summed E-state index contributed by atoms with van der Waals surface area (Å²) in [6.45, 7) is 0. The predicted molar refractivity (Wildman–Crippen MR) is 68.2 cm³/mol. The Kier molecular flexibility index (Phi) is 5.45. The van der Waals surface area contributed by atoms with E-state index in [0.717, 1.165) is 12.1 Å². The number of rotatable bonds is 3. The SMILES string of the molecule is O=C(C=NNc1c(Cl)cc(C(F)(F)F)cc1Br)OCl. The van der Waals surface area contributed by atoms with Crippen LogP contribution in [0.3, 0.4) is 0 Å². The van der Waals surface area contributed by atoms with E-state index in [0.29, 0.717) is 6.21 Å². The van der Waals surface area contributed by atoms with Crippen LogP contribution in [0, 0.1) is 0 Å². The summed E-state index contributed by atoms with van der Waals surface area (Å²) in [4.78, 5) is 10.6. The molecule has 104 valence electrons. The molecule has 1 rings (SSSR count). The molecule has 0 aliphatic carbocycles. The molecule has 0 saturated heterocycles. The summed E-state index contributed by atoms with van der Waals surface area (Å²) >= 11 is 13.3. The lowest BCUT2D eigenvalue weighted by Crippen LogP contribution is -2.06. The van der Waals surface area contributed by atoms with Gasteiger partial charge in [0, 0.05) is 4.47 Å². The number of benzene rings is 1. The highest BCUT2D eigenvalue weighted by atomic mass is 79.9. The molecule has 1 aromatic carbocycles. The fourth-order valence-corrected chi connectivity index (χ4v) is 1.98. The van der Waals surface area contributed by atoms with Crippen molar-refractivity contribution in [3.8, 4) is 0 Å². The van der Waals surface area contributed by atoms with Gasteiger partial charge in [0.2, 0.25) is 0 Å². The third-order valence-electron chi connectivity index (χ3n) is 1.79. The van der Waals surface area contributed by atoms with Crippen molar-refractivity contribution in [1.82, 2.24) is 0 Å². The topological polar surface area (TPSA) is 50.7 Å². The monoisotopic (exact) mass is 378 g/mol. The number of nitrogens with one attached hydrogen (secondary N) is 1. The van der Waals surface area contributed by atoms with Gasteiger partial charge >= 0.3 is 12.1 Å². The minimum Gasteiger partial charge on any atom is -0.342 e. The largest absolute Gasteiger partial charge is 0.416 e. The van der Waals surface area contributed by atoms with E-state index in [9.17, 15) is 18.0 Å². The van der Waals surface area contributed by atoms with Gasteiger partial charge in [0.15, 0.2) is 0 Å². The molecule has 0 spiro atoms. The van der Waals surface area contributed by atoms with Crippen molar-refractivity contribution in [2.24, 2.45) is 5.10 Å². The number of halogens is 6. The van der Waals surface area contributed by atoms with Crippen LogP contribution < -0.4 is 5.43 Å². The summed E-state index contributed by atoms with van der Waals surface area (Å²) < 4.78 is 41.2. The van der Waals surface area contributed by atoms with Gasteiger partial charge in [-0.15, -0.1) is 0 Å². The summed E-state index contributed by atoms with van der Waals surface area (Å²) in [5.41, 5.74) is 1.43. The summed E-state index contributed by atoms with van der Waals surface area (Å²) in [6, 6.07) is 1.55. The van der Waals surface area contributed by atoms with Crippen molar-refractivity contribution in [3.63, 3.8) is 0 Å². The Morgan fingerprint density at radius 2 is 2.11 bits per heavy atom. The zero-order chi connectivity index (χ0) is 14.6. The number of alkyl halides is 3. The van der Waals surface area contributed by atoms with Crippen LogP contribution in [0.25, 0.3) is 0 Å². The van der Waals surface area contributed by atoms with Crippen LogP contribution in [-0.2, 0) is 15.3 Å². The third-order valence-corrected chi connectivity index (χ3v) is 2.87. The average molecular weight is 380 g/mol. The second-order valence-electron chi connectivity index (χ2n) is 3.08. The number of nitrogens with zero attached hydrogens (tertiary/aromatic N) is 1. The number of hydrazone groups is 1. The van der Waals surface area contributed by atoms with E-state index >= 15 is 0 Å². The first kappa shape index (κ1) is 16.1. The molecular weight excluding hydrogens is 376 g/mol. The molecule has 0 atom stereocenters. The van der Waals surface area contributed by atoms with Crippen LogP contribution in [0.15, 0.2) is 21.7 Å². The standard InChI is InChI=1S/C9H4BrCl2F3N2O2/c10-5-1-4(9(13,14)15)2-6(11)8(5)17-16-3-7(18)19-12/h1-3,17H. The Balaban J connectivity index is 2.98. The molecule has 0 aromatic heterocycles. The van der Waals surface area contributed by atoms with Crippen molar-refractivity contribution in [2.45, 2.75) is 6.18 Å². The normalized spacial score (nSPS) is 11.7. The lowest BCUT2D eigenvalue weighted by Gasteiger charge is -2.11. The highest BCUT2D eigenvalue weighted by Gasteiger charge is 2.31. The number of carbonyl (C=O) groups excluding carboxylic acids is 1. The molecule has 1 aromatic rings. The Morgan fingerprint density at radius 1 is 1.47 bits per heavy atom. The minimum atomic E-state index is -4.52. The van der Waals surface area contributed by atoms with E-state index in [1.165, 1.54) is 0 Å². The maximum absolute atomic E-state index is 12.5. The number of carbonyl (C=O) groups is 1. The third kappa shape index (κ3) is 4.55. The maximum atomic E-state index is 12.5. The van der Waals surface area contributed by atoms with Crippen LogP contribution >= 0.6 is 39.4 Å². The van der Waals surface area contributed by atoms with Gasteiger partial charge in [0.1, 0.15) is 18.1 Å². The molecule has 0 unspecified atom stereocenters. The molecule has 0 aliphatic rings. The smallest absolute Gasteiger partial charge is 0.342 e. The maximum Gasteiger partial charge on any atom is 0.416 e. The number of anilines is 1. The molecule has 19 heavy (non-hydrogen) atoms. The van der Waals surface area contributed by atoms with Gasteiger partial charge in [-0.2, -0.15) is 18.3 Å². The molecule has 0 fully saturated rings. The Bertz CT molecular complexity index is 500. The second kappa shape index (κ2) is 6.44. The molecule has 0 amide bonds. The van der Waals surface area contributed by atoms with Crippen LogP contribution in [-0.4, -0.2) is 12.2 Å². The van der Waals surface area contributed by atoms with E-state index < -0.39 is 17.7 Å². The van der Waals surface area contributed by atoms with E-state index in [1.54, 1.807) is 0 Å². The van der Waals surface area contributed by atoms with Gasteiger partial charge < -0.3 is 4.29 Å². The van der Waals surface area contributed by atoms with E-state index in [4.69, 9.17) is 23.5 Å². The van der Waals surface area contributed by atoms with Gasteiger partial charge in [-0.05, 0) is 28.1 Å². The first-order chi connectivity index (χ1) is 8.75. The zero-order valence-electron chi connectivity index (χ0n) is 8.76. The van der Waals surface area contributed by atoms with Crippen molar-refractivity contribution >= 4 is 57.3 Å². The van der Waals surface area contributed by atoms with E-state index in [1.807, 2.05) is 0 Å². The fourth-order valence-electron chi connectivity index (χ4n) is 1.01. The van der Waals surface area contributed by atoms with Crippen LogP contribution in [0.2, 0.25) is 5.02 Å². The molecule has 0 heterocycles. The van der Waals surface area contributed by atoms with Gasteiger partial charge in [0.25, 0.3) is 0 Å². The molecule has 10 heteroatoms. The first-order valence-electron chi connectivity index (χ1n) is 4.43. The van der Waals surface area contributed by atoms with E-state index in [-0.39, 0.29) is 15.2 Å². The predicted octanol–water partition coefficient (Wildman–Crippen LogP) is 4.22. The number of hydrogen-bond acceptors (Lipinski definition) is 4. The minimum absolute atomic E-state index is 0.0312. The molecule has 0 radical (unpaired) electrons.